The van der Waals surface area contributed by atoms with Crippen molar-refractivity contribution in [1.29, 1.82) is 0 Å². The van der Waals surface area contributed by atoms with E-state index in [1.54, 1.807) is 6.92 Å². The number of aromatic nitrogens is 1. The molecule has 1 aromatic carbocycles. The Balaban J connectivity index is 2.34. The van der Waals surface area contributed by atoms with E-state index in [1.165, 1.54) is 25.3 Å². The zero-order valence-electron chi connectivity index (χ0n) is 13.3. The first-order valence-corrected chi connectivity index (χ1v) is 7.38. The number of halogens is 1. The number of anilines is 1. The molecule has 1 N–H and O–H groups in total. The van der Waals surface area contributed by atoms with Crippen LogP contribution in [0.15, 0.2) is 22.7 Å². The molecule has 0 aliphatic heterocycles. The molecule has 0 saturated heterocycles. The van der Waals surface area contributed by atoms with Gasteiger partial charge in [0.25, 0.3) is 5.91 Å². The zero-order valence-corrected chi connectivity index (χ0v) is 14.0. The quantitative estimate of drug-likeness (QED) is 0.859. The molecule has 1 amide bonds. The smallest absolute Gasteiger partial charge is 0.337 e. The Morgan fingerprint density at radius 1 is 1.35 bits per heavy atom. The largest absolute Gasteiger partial charge is 0.465 e. The molecule has 7 heteroatoms. The number of ether oxygens (including phenoxy) is 1. The molecule has 0 saturated carbocycles. The fourth-order valence-corrected chi connectivity index (χ4v) is 2.27. The van der Waals surface area contributed by atoms with Crippen LogP contribution in [-0.2, 0) is 4.74 Å². The van der Waals surface area contributed by atoms with Crippen molar-refractivity contribution in [3.05, 3.63) is 45.8 Å². The highest BCUT2D eigenvalue weighted by molar-refractivity contribution is 6.34. The maximum absolute atomic E-state index is 12.5. The Morgan fingerprint density at radius 3 is 2.65 bits per heavy atom. The molecule has 0 fully saturated rings. The van der Waals surface area contributed by atoms with Crippen molar-refractivity contribution in [3.8, 4) is 0 Å². The molecule has 1 heterocycles. The lowest BCUT2D eigenvalue weighted by Crippen LogP contribution is -2.15. The van der Waals surface area contributed by atoms with Crippen LogP contribution in [0, 0.1) is 6.92 Å². The summed E-state index contributed by atoms with van der Waals surface area (Å²) in [7, 11) is 1.28. The topological polar surface area (TPSA) is 81.4 Å². The number of nitrogens with one attached hydrogen (secondary N) is 1. The van der Waals surface area contributed by atoms with Gasteiger partial charge in [0.1, 0.15) is 5.56 Å². The van der Waals surface area contributed by atoms with Gasteiger partial charge in [0.05, 0.1) is 29.1 Å². The van der Waals surface area contributed by atoms with Gasteiger partial charge in [0.15, 0.2) is 5.76 Å². The second kappa shape index (κ2) is 6.83. The zero-order chi connectivity index (χ0) is 17.1. The fourth-order valence-electron chi connectivity index (χ4n) is 2.11. The molecular formula is C16H17ClN2O4. The second-order valence-electron chi connectivity index (χ2n) is 5.30. The Bertz CT molecular complexity index is 753. The van der Waals surface area contributed by atoms with E-state index in [1.807, 2.05) is 13.8 Å². The lowest BCUT2D eigenvalue weighted by molar-refractivity contribution is 0.0600. The van der Waals surface area contributed by atoms with Gasteiger partial charge in [-0.25, -0.2) is 4.79 Å². The van der Waals surface area contributed by atoms with E-state index in [0.29, 0.717) is 33.3 Å². The highest BCUT2D eigenvalue weighted by atomic mass is 35.5. The Hall–Kier alpha value is -2.34. The molecule has 6 nitrogen and oxygen atoms in total. The van der Waals surface area contributed by atoms with Crippen molar-refractivity contribution in [2.45, 2.75) is 26.7 Å². The van der Waals surface area contributed by atoms with Crippen LogP contribution < -0.4 is 5.32 Å². The molecule has 2 rings (SSSR count). The third kappa shape index (κ3) is 3.53. The number of nitrogens with zero attached hydrogens (tertiary/aromatic N) is 1. The van der Waals surface area contributed by atoms with Gasteiger partial charge in [-0.05, 0) is 25.1 Å². The molecule has 0 aliphatic rings. The Labute approximate surface area is 138 Å². The second-order valence-corrected chi connectivity index (χ2v) is 5.71. The van der Waals surface area contributed by atoms with Gasteiger partial charge < -0.3 is 14.6 Å². The van der Waals surface area contributed by atoms with E-state index < -0.39 is 11.9 Å². The lowest BCUT2D eigenvalue weighted by Gasteiger charge is -2.10. The first kappa shape index (κ1) is 17.0. The monoisotopic (exact) mass is 336 g/mol. The molecule has 1 aromatic heterocycles. The van der Waals surface area contributed by atoms with Crippen molar-refractivity contribution in [3.63, 3.8) is 0 Å². The number of rotatable bonds is 4. The van der Waals surface area contributed by atoms with E-state index >= 15 is 0 Å². The van der Waals surface area contributed by atoms with Crippen molar-refractivity contribution in [2.75, 3.05) is 12.4 Å². The number of esters is 1. The van der Waals surface area contributed by atoms with Crippen LogP contribution in [-0.4, -0.2) is 24.1 Å². The third-order valence-corrected chi connectivity index (χ3v) is 3.61. The molecule has 0 bridgehead atoms. The van der Waals surface area contributed by atoms with E-state index in [9.17, 15) is 9.59 Å². The summed E-state index contributed by atoms with van der Waals surface area (Å²) < 4.78 is 9.87. The van der Waals surface area contributed by atoms with Crippen LogP contribution in [0.1, 0.15) is 51.9 Å². The SMILES string of the molecule is COC(=O)c1ccc(Cl)c(NC(=O)c2c(C)noc2C(C)C)c1. The van der Waals surface area contributed by atoms with Crippen LogP contribution in [0.25, 0.3) is 0 Å². The average molecular weight is 337 g/mol. The highest BCUT2D eigenvalue weighted by Gasteiger charge is 2.23. The average Bonchev–Trinajstić information content (AvgIpc) is 2.90. The van der Waals surface area contributed by atoms with Crippen LogP contribution >= 0.6 is 11.6 Å². The van der Waals surface area contributed by atoms with Crippen LogP contribution in [0.3, 0.4) is 0 Å². The van der Waals surface area contributed by atoms with Crippen LogP contribution in [0.4, 0.5) is 5.69 Å². The number of hydrogen-bond donors (Lipinski definition) is 1. The van der Waals surface area contributed by atoms with Gasteiger partial charge in [-0.2, -0.15) is 0 Å². The summed E-state index contributed by atoms with van der Waals surface area (Å²) in [5, 5.41) is 6.84. The Morgan fingerprint density at radius 2 is 2.04 bits per heavy atom. The minimum absolute atomic E-state index is 0.00817. The highest BCUT2D eigenvalue weighted by Crippen LogP contribution is 2.27. The molecule has 122 valence electrons. The summed E-state index contributed by atoms with van der Waals surface area (Å²) in [4.78, 5) is 24.1. The summed E-state index contributed by atoms with van der Waals surface area (Å²) >= 11 is 6.09. The maximum atomic E-state index is 12.5. The molecule has 0 aliphatic carbocycles. The van der Waals surface area contributed by atoms with Gasteiger partial charge >= 0.3 is 5.97 Å². The molecule has 0 atom stereocenters. The number of hydrogen-bond acceptors (Lipinski definition) is 5. The van der Waals surface area contributed by atoms with Crippen molar-refractivity contribution in [2.24, 2.45) is 0 Å². The number of amides is 1. The first-order valence-electron chi connectivity index (χ1n) is 7.00. The maximum Gasteiger partial charge on any atom is 0.337 e. The number of methoxy groups -OCH3 is 1. The summed E-state index contributed by atoms with van der Waals surface area (Å²) in [6, 6.07) is 4.51. The summed E-state index contributed by atoms with van der Waals surface area (Å²) in [6.07, 6.45) is 0. The summed E-state index contributed by atoms with van der Waals surface area (Å²) in [6.45, 7) is 5.50. The number of carbonyl (C=O) groups excluding carboxylic acids is 2. The van der Waals surface area contributed by atoms with E-state index in [4.69, 9.17) is 16.1 Å². The first-order chi connectivity index (χ1) is 10.8. The van der Waals surface area contributed by atoms with Gasteiger partial charge in [0, 0.05) is 5.92 Å². The number of benzene rings is 1. The molecule has 0 unspecified atom stereocenters. The molecular weight excluding hydrogens is 320 g/mol. The van der Waals surface area contributed by atoms with Gasteiger partial charge in [-0.1, -0.05) is 30.6 Å². The van der Waals surface area contributed by atoms with Crippen molar-refractivity contribution >= 4 is 29.2 Å². The predicted molar refractivity (Wildman–Crippen MR) is 86.1 cm³/mol. The molecule has 0 radical (unpaired) electrons. The van der Waals surface area contributed by atoms with Crippen molar-refractivity contribution < 1.29 is 18.8 Å². The van der Waals surface area contributed by atoms with E-state index in [0.717, 1.165) is 0 Å². The van der Waals surface area contributed by atoms with Gasteiger partial charge in [-0.15, -0.1) is 0 Å². The van der Waals surface area contributed by atoms with Crippen LogP contribution in [0.5, 0.6) is 0 Å². The fraction of sp³-hybridized carbons (Fsp3) is 0.312. The summed E-state index contributed by atoms with van der Waals surface area (Å²) in [5.74, 6) is -0.397. The molecule has 0 spiro atoms. The van der Waals surface area contributed by atoms with Crippen LogP contribution in [0.2, 0.25) is 5.02 Å². The third-order valence-electron chi connectivity index (χ3n) is 3.28. The molecule has 23 heavy (non-hydrogen) atoms. The van der Waals surface area contributed by atoms with Gasteiger partial charge in [-0.3, -0.25) is 4.79 Å². The number of carbonyl (C=O) groups is 2. The normalized spacial score (nSPS) is 10.7. The van der Waals surface area contributed by atoms with Gasteiger partial charge in [0.2, 0.25) is 0 Å². The van der Waals surface area contributed by atoms with Crippen molar-refractivity contribution in [1.82, 2.24) is 5.16 Å². The lowest BCUT2D eigenvalue weighted by atomic mass is 10.0. The molecule has 2 aromatic rings. The predicted octanol–water partition coefficient (Wildman–Crippen LogP) is 3.80. The Kier molecular flexibility index (Phi) is 5.05. The minimum Gasteiger partial charge on any atom is -0.465 e. The van der Waals surface area contributed by atoms with E-state index in [2.05, 4.69) is 15.2 Å². The van der Waals surface area contributed by atoms with E-state index in [-0.39, 0.29) is 5.92 Å². The number of aryl methyl sites for hydroxylation is 1. The summed E-state index contributed by atoms with van der Waals surface area (Å²) in [5.41, 5.74) is 1.47. The standard InChI is InChI=1S/C16H17ClN2O4/c1-8(2)14-13(9(3)19-23-14)15(20)18-12-7-10(16(21)22-4)5-6-11(12)17/h5-8H,1-4H3,(H,18,20). The minimum atomic E-state index is -0.513.